The van der Waals surface area contributed by atoms with Gasteiger partial charge in [0.2, 0.25) is 0 Å². The maximum absolute atomic E-state index is 12.8. The molecule has 0 bridgehead atoms. The molecular weight excluding hydrogens is 378 g/mol. The normalized spacial score (nSPS) is 11.0. The molecule has 7 heteroatoms. The van der Waals surface area contributed by atoms with E-state index in [0.29, 0.717) is 22.9 Å². The summed E-state index contributed by atoms with van der Waals surface area (Å²) in [5.41, 5.74) is 1.98. The molecule has 1 N–H and O–H groups in total. The summed E-state index contributed by atoms with van der Waals surface area (Å²) in [6, 6.07) is 18.8. The number of anilines is 1. The Labute approximate surface area is 164 Å². The zero-order chi connectivity index (χ0) is 20.1. The molecule has 0 spiro atoms. The van der Waals surface area contributed by atoms with Crippen LogP contribution in [0.2, 0.25) is 0 Å². The van der Waals surface area contributed by atoms with Gasteiger partial charge in [0.25, 0.3) is 10.0 Å². The zero-order valence-corrected chi connectivity index (χ0v) is 16.6. The highest BCUT2D eigenvalue weighted by atomic mass is 32.2. The van der Waals surface area contributed by atoms with E-state index < -0.39 is 10.0 Å². The Morgan fingerprint density at radius 1 is 0.750 bits per heavy atom. The van der Waals surface area contributed by atoms with E-state index in [1.54, 1.807) is 50.6 Å². The van der Waals surface area contributed by atoms with Crippen LogP contribution >= 0.6 is 0 Å². The van der Waals surface area contributed by atoms with Crippen LogP contribution in [0.4, 0.5) is 5.69 Å². The third kappa shape index (κ3) is 4.04. The van der Waals surface area contributed by atoms with Crippen molar-refractivity contribution in [2.24, 2.45) is 0 Å². The highest BCUT2D eigenvalue weighted by Gasteiger charge is 2.17. The lowest BCUT2D eigenvalue weighted by Gasteiger charge is -2.15. The first-order chi connectivity index (χ1) is 13.5. The Morgan fingerprint density at radius 3 is 2.07 bits per heavy atom. The standard InChI is InChI=1S/C21H21NO5S/c1-25-16-9-11-17(12-10-16)28(23,24)22-19-7-5-4-6-18(19)15-8-13-20(26-2)21(14-15)27-3/h4-14,22H,1-3H3. The van der Waals surface area contributed by atoms with Gasteiger partial charge in [0.05, 0.1) is 31.9 Å². The average molecular weight is 399 g/mol. The minimum absolute atomic E-state index is 0.149. The second kappa shape index (κ2) is 8.22. The Morgan fingerprint density at radius 2 is 1.43 bits per heavy atom. The second-order valence-electron chi connectivity index (χ2n) is 5.90. The summed E-state index contributed by atoms with van der Waals surface area (Å²) in [5.74, 6) is 1.75. The van der Waals surface area contributed by atoms with Gasteiger partial charge in [0.15, 0.2) is 11.5 Å². The molecule has 0 saturated carbocycles. The minimum Gasteiger partial charge on any atom is -0.497 e. The number of hydrogen-bond acceptors (Lipinski definition) is 5. The van der Waals surface area contributed by atoms with Crippen molar-refractivity contribution in [3.05, 3.63) is 66.7 Å². The molecule has 0 saturated heterocycles. The number of hydrogen-bond donors (Lipinski definition) is 1. The van der Waals surface area contributed by atoms with Gasteiger partial charge in [0.1, 0.15) is 5.75 Å². The first-order valence-corrected chi connectivity index (χ1v) is 9.95. The number of methoxy groups -OCH3 is 3. The summed E-state index contributed by atoms with van der Waals surface area (Å²) < 4.78 is 44.0. The van der Waals surface area contributed by atoms with Crippen molar-refractivity contribution in [2.45, 2.75) is 4.90 Å². The number of rotatable bonds is 7. The van der Waals surface area contributed by atoms with Gasteiger partial charge in [-0.15, -0.1) is 0 Å². The number of para-hydroxylation sites is 1. The molecule has 0 fully saturated rings. The van der Waals surface area contributed by atoms with Crippen molar-refractivity contribution >= 4 is 15.7 Å². The summed E-state index contributed by atoms with van der Waals surface area (Å²) in [7, 11) is 0.890. The van der Waals surface area contributed by atoms with Crippen LogP contribution in [0, 0.1) is 0 Å². The SMILES string of the molecule is COc1ccc(S(=O)(=O)Nc2ccccc2-c2ccc(OC)c(OC)c2)cc1. The van der Waals surface area contributed by atoms with E-state index in [9.17, 15) is 8.42 Å². The molecule has 0 aliphatic heterocycles. The molecule has 6 nitrogen and oxygen atoms in total. The summed E-state index contributed by atoms with van der Waals surface area (Å²) in [6.07, 6.45) is 0. The summed E-state index contributed by atoms with van der Waals surface area (Å²) >= 11 is 0. The van der Waals surface area contributed by atoms with Crippen molar-refractivity contribution in [3.63, 3.8) is 0 Å². The Bertz CT molecular complexity index is 1060. The van der Waals surface area contributed by atoms with E-state index >= 15 is 0 Å². The highest BCUT2D eigenvalue weighted by molar-refractivity contribution is 7.92. The number of ether oxygens (including phenoxy) is 3. The van der Waals surface area contributed by atoms with Crippen LogP contribution in [0.25, 0.3) is 11.1 Å². The first kappa shape index (κ1) is 19.6. The number of nitrogens with one attached hydrogen (secondary N) is 1. The molecule has 0 unspecified atom stereocenters. The largest absolute Gasteiger partial charge is 0.497 e. The molecule has 0 radical (unpaired) electrons. The Kier molecular flexibility index (Phi) is 5.75. The summed E-state index contributed by atoms with van der Waals surface area (Å²) in [4.78, 5) is 0.149. The molecule has 0 aliphatic rings. The number of sulfonamides is 1. The lowest BCUT2D eigenvalue weighted by atomic mass is 10.0. The molecule has 3 rings (SSSR count). The molecular formula is C21H21NO5S. The maximum Gasteiger partial charge on any atom is 0.261 e. The average Bonchev–Trinajstić information content (AvgIpc) is 2.73. The van der Waals surface area contributed by atoms with Crippen LogP contribution in [-0.2, 0) is 10.0 Å². The van der Waals surface area contributed by atoms with E-state index in [1.807, 2.05) is 18.2 Å². The smallest absolute Gasteiger partial charge is 0.261 e. The van der Waals surface area contributed by atoms with Gasteiger partial charge >= 0.3 is 0 Å². The topological polar surface area (TPSA) is 73.9 Å². The van der Waals surface area contributed by atoms with Crippen molar-refractivity contribution in [3.8, 4) is 28.4 Å². The molecule has 0 atom stereocenters. The van der Waals surface area contributed by atoms with Gasteiger partial charge < -0.3 is 14.2 Å². The molecule has 0 aromatic heterocycles. The molecule has 0 aliphatic carbocycles. The van der Waals surface area contributed by atoms with Gasteiger partial charge in [-0.05, 0) is 48.0 Å². The monoisotopic (exact) mass is 399 g/mol. The van der Waals surface area contributed by atoms with Crippen molar-refractivity contribution in [1.82, 2.24) is 0 Å². The Balaban J connectivity index is 1.98. The quantitative estimate of drug-likeness (QED) is 0.645. The molecule has 146 valence electrons. The van der Waals surface area contributed by atoms with Gasteiger partial charge in [-0.2, -0.15) is 0 Å². The van der Waals surface area contributed by atoms with Crippen molar-refractivity contribution < 1.29 is 22.6 Å². The predicted octanol–water partition coefficient (Wildman–Crippen LogP) is 4.18. The van der Waals surface area contributed by atoms with E-state index in [1.165, 1.54) is 19.2 Å². The fourth-order valence-corrected chi connectivity index (χ4v) is 3.87. The fourth-order valence-electron chi connectivity index (χ4n) is 2.79. The predicted molar refractivity (Wildman–Crippen MR) is 109 cm³/mol. The van der Waals surface area contributed by atoms with E-state index in [2.05, 4.69) is 4.72 Å². The zero-order valence-electron chi connectivity index (χ0n) is 15.8. The van der Waals surface area contributed by atoms with Crippen molar-refractivity contribution in [2.75, 3.05) is 26.1 Å². The van der Waals surface area contributed by atoms with E-state index in [4.69, 9.17) is 14.2 Å². The van der Waals surface area contributed by atoms with Crippen molar-refractivity contribution in [1.29, 1.82) is 0 Å². The molecule has 0 heterocycles. The summed E-state index contributed by atoms with van der Waals surface area (Å²) in [5, 5.41) is 0. The third-order valence-corrected chi connectivity index (χ3v) is 5.62. The van der Waals surface area contributed by atoms with E-state index in [0.717, 1.165) is 11.1 Å². The minimum atomic E-state index is -3.76. The highest BCUT2D eigenvalue weighted by Crippen LogP contribution is 2.36. The first-order valence-electron chi connectivity index (χ1n) is 8.47. The Hall–Kier alpha value is -3.19. The molecule has 0 amide bonds. The number of benzene rings is 3. The van der Waals surface area contributed by atoms with Gasteiger partial charge in [0, 0.05) is 5.56 Å². The van der Waals surface area contributed by atoms with Crippen LogP contribution in [0.15, 0.2) is 71.6 Å². The fraction of sp³-hybridized carbons (Fsp3) is 0.143. The maximum atomic E-state index is 12.8. The molecule has 3 aromatic carbocycles. The molecule has 3 aromatic rings. The van der Waals surface area contributed by atoms with E-state index in [-0.39, 0.29) is 4.90 Å². The van der Waals surface area contributed by atoms with Gasteiger partial charge in [-0.1, -0.05) is 24.3 Å². The lowest BCUT2D eigenvalue weighted by molar-refractivity contribution is 0.355. The summed E-state index contributed by atoms with van der Waals surface area (Å²) in [6.45, 7) is 0. The van der Waals surface area contributed by atoms with Gasteiger partial charge in [-0.25, -0.2) is 8.42 Å². The lowest BCUT2D eigenvalue weighted by Crippen LogP contribution is -2.13. The van der Waals surface area contributed by atoms with Crippen LogP contribution < -0.4 is 18.9 Å². The molecule has 28 heavy (non-hydrogen) atoms. The van der Waals surface area contributed by atoms with Crippen LogP contribution in [0.5, 0.6) is 17.2 Å². The van der Waals surface area contributed by atoms with Crippen LogP contribution in [-0.4, -0.2) is 29.7 Å². The van der Waals surface area contributed by atoms with Gasteiger partial charge in [-0.3, -0.25) is 4.72 Å². The van der Waals surface area contributed by atoms with Crippen LogP contribution in [0.3, 0.4) is 0 Å². The van der Waals surface area contributed by atoms with Crippen LogP contribution in [0.1, 0.15) is 0 Å². The third-order valence-electron chi connectivity index (χ3n) is 4.24. The second-order valence-corrected chi connectivity index (χ2v) is 7.58.